The van der Waals surface area contributed by atoms with Crippen LogP contribution in [0.1, 0.15) is 21.5 Å². The topological polar surface area (TPSA) is 17.1 Å². The summed E-state index contributed by atoms with van der Waals surface area (Å²) in [5.41, 5.74) is 1.34. The molecule has 0 aliphatic rings. The summed E-state index contributed by atoms with van der Waals surface area (Å²) in [5, 5.41) is 1.73. The van der Waals surface area contributed by atoms with Gasteiger partial charge in [0.05, 0.1) is 10.6 Å². The molecule has 3 aromatic rings. The Morgan fingerprint density at radius 3 is 2.57 bits per heavy atom. The second-order valence-electron chi connectivity index (χ2n) is 4.91. The van der Waals surface area contributed by atoms with E-state index in [0.717, 1.165) is 16.3 Å². The van der Waals surface area contributed by atoms with Gasteiger partial charge in [-0.1, -0.05) is 54.1 Å². The van der Waals surface area contributed by atoms with Crippen molar-refractivity contribution in [2.24, 2.45) is 0 Å². The molecule has 0 unspecified atom stereocenters. The van der Waals surface area contributed by atoms with Crippen LogP contribution in [0.15, 0.2) is 54.6 Å². The monoisotopic (exact) mass is 298 g/mol. The first-order chi connectivity index (χ1) is 10.1. The minimum Gasteiger partial charge on any atom is -0.288 e. The highest BCUT2D eigenvalue weighted by molar-refractivity contribution is 6.31. The van der Waals surface area contributed by atoms with Crippen molar-refractivity contribution in [1.82, 2.24) is 0 Å². The predicted octanol–water partition coefficient (Wildman–Crippen LogP) is 5.17. The molecule has 0 N–H and O–H groups in total. The lowest BCUT2D eigenvalue weighted by Crippen LogP contribution is -2.07. The van der Waals surface area contributed by atoms with Crippen LogP contribution in [-0.2, 0) is 0 Å². The van der Waals surface area contributed by atoms with Crippen molar-refractivity contribution >= 4 is 28.2 Å². The van der Waals surface area contributed by atoms with Crippen molar-refractivity contribution < 1.29 is 9.18 Å². The molecule has 0 atom stereocenters. The van der Waals surface area contributed by atoms with E-state index in [0.29, 0.717) is 5.56 Å². The van der Waals surface area contributed by atoms with Gasteiger partial charge < -0.3 is 0 Å². The van der Waals surface area contributed by atoms with Crippen molar-refractivity contribution in [2.75, 3.05) is 0 Å². The van der Waals surface area contributed by atoms with E-state index >= 15 is 0 Å². The second-order valence-corrected chi connectivity index (χ2v) is 5.32. The molecule has 104 valence electrons. The van der Waals surface area contributed by atoms with E-state index in [4.69, 9.17) is 11.6 Å². The van der Waals surface area contributed by atoms with Crippen molar-refractivity contribution in [3.63, 3.8) is 0 Å². The molecule has 0 heterocycles. The van der Waals surface area contributed by atoms with Gasteiger partial charge in [0.15, 0.2) is 11.6 Å². The fraction of sp³-hybridized carbons (Fsp3) is 0.0556. The highest BCUT2D eigenvalue weighted by Crippen LogP contribution is 2.27. The second kappa shape index (κ2) is 5.30. The van der Waals surface area contributed by atoms with Crippen molar-refractivity contribution in [3.05, 3.63) is 82.1 Å². The molecule has 0 saturated carbocycles. The smallest absolute Gasteiger partial charge is 0.196 e. The summed E-state index contributed by atoms with van der Waals surface area (Å²) in [6.07, 6.45) is 0. The van der Waals surface area contributed by atoms with Crippen LogP contribution in [0.5, 0.6) is 0 Å². The van der Waals surface area contributed by atoms with E-state index in [2.05, 4.69) is 0 Å². The average molecular weight is 299 g/mol. The summed E-state index contributed by atoms with van der Waals surface area (Å²) in [6, 6.07) is 15.9. The molecule has 21 heavy (non-hydrogen) atoms. The third-order valence-electron chi connectivity index (χ3n) is 3.56. The number of carbonyl (C=O) groups is 1. The van der Waals surface area contributed by atoms with Gasteiger partial charge in [0.25, 0.3) is 0 Å². The third kappa shape index (κ3) is 2.32. The predicted molar refractivity (Wildman–Crippen MR) is 83.5 cm³/mol. The summed E-state index contributed by atoms with van der Waals surface area (Å²) in [4.78, 5) is 12.8. The van der Waals surface area contributed by atoms with Gasteiger partial charge in [0, 0.05) is 5.56 Å². The standard InChI is InChI=1S/C18H12ClFO/c1-11-9-10-12-5-2-3-6-13(12)16(11)18(21)14-7-4-8-15(19)17(14)20/h2-10H,1H3. The van der Waals surface area contributed by atoms with Crippen LogP contribution in [0, 0.1) is 12.7 Å². The Kier molecular flexibility index (Phi) is 3.48. The van der Waals surface area contributed by atoms with Crippen LogP contribution >= 0.6 is 11.6 Å². The highest BCUT2D eigenvalue weighted by Gasteiger charge is 2.19. The van der Waals surface area contributed by atoms with E-state index in [1.54, 1.807) is 6.07 Å². The van der Waals surface area contributed by atoms with Crippen LogP contribution in [0.3, 0.4) is 0 Å². The number of rotatable bonds is 2. The summed E-state index contributed by atoms with van der Waals surface area (Å²) in [5.74, 6) is -1.01. The average Bonchev–Trinajstić information content (AvgIpc) is 2.49. The number of ketones is 1. The molecular formula is C18H12ClFO. The molecule has 3 rings (SSSR count). The number of hydrogen-bond acceptors (Lipinski definition) is 1. The van der Waals surface area contributed by atoms with Gasteiger partial charge >= 0.3 is 0 Å². The summed E-state index contributed by atoms with van der Waals surface area (Å²) < 4.78 is 14.1. The molecule has 0 bridgehead atoms. The Bertz CT molecular complexity index is 855. The third-order valence-corrected chi connectivity index (χ3v) is 3.85. The molecule has 0 saturated heterocycles. The number of halogens is 2. The van der Waals surface area contributed by atoms with Crippen molar-refractivity contribution in [2.45, 2.75) is 6.92 Å². The van der Waals surface area contributed by atoms with E-state index in [1.165, 1.54) is 12.1 Å². The van der Waals surface area contributed by atoms with E-state index < -0.39 is 5.82 Å². The van der Waals surface area contributed by atoms with Gasteiger partial charge in [-0.2, -0.15) is 0 Å². The SMILES string of the molecule is Cc1ccc2ccccc2c1C(=O)c1cccc(Cl)c1F. The highest BCUT2D eigenvalue weighted by atomic mass is 35.5. The minimum absolute atomic E-state index is 0.00181. The molecule has 0 fully saturated rings. The molecular weight excluding hydrogens is 287 g/mol. The Morgan fingerprint density at radius 2 is 1.76 bits per heavy atom. The van der Waals surface area contributed by atoms with Gasteiger partial charge in [0.1, 0.15) is 0 Å². The van der Waals surface area contributed by atoms with Gasteiger partial charge in [-0.3, -0.25) is 4.79 Å². The summed E-state index contributed by atoms with van der Waals surface area (Å²) in [7, 11) is 0. The Balaban J connectivity index is 2.27. The lowest BCUT2D eigenvalue weighted by atomic mass is 9.93. The molecule has 1 nitrogen and oxygen atoms in total. The quantitative estimate of drug-likeness (QED) is 0.596. The normalized spacial score (nSPS) is 10.8. The fourth-order valence-electron chi connectivity index (χ4n) is 2.50. The summed E-state index contributed by atoms with van der Waals surface area (Å²) in [6.45, 7) is 1.85. The molecule has 3 heteroatoms. The minimum atomic E-state index is -0.670. The van der Waals surface area contributed by atoms with Gasteiger partial charge in [-0.25, -0.2) is 4.39 Å². The van der Waals surface area contributed by atoms with Crippen molar-refractivity contribution in [3.8, 4) is 0 Å². The zero-order valence-corrected chi connectivity index (χ0v) is 12.1. The molecule has 0 amide bonds. The lowest BCUT2D eigenvalue weighted by Gasteiger charge is -2.10. The molecule has 3 aromatic carbocycles. The Morgan fingerprint density at radius 1 is 1.00 bits per heavy atom. The van der Waals surface area contributed by atoms with Crippen LogP contribution in [0.2, 0.25) is 5.02 Å². The fourth-order valence-corrected chi connectivity index (χ4v) is 2.67. The number of carbonyl (C=O) groups excluding carboxylic acids is 1. The maximum absolute atomic E-state index is 14.1. The van der Waals surface area contributed by atoms with Gasteiger partial charge in [-0.15, -0.1) is 0 Å². The van der Waals surface area contributed by atoms with Crippen LogP contribution < -0.4 is 0 Å². The van der Waals surface area contributed by atoms with Crippen LogP contribution in [0.4, 0.5) is 4.39 Å². The molecule has 0 spiro atoms. The van der Waals surface area contributed by atoms with Gasteiger partial charge in [-0.05, 0) is 35.4 Å². The van der Waals surface area contributed by atoms with Crippen LogP contribution in [0.25, 0.3) is 10.8 Å². The molecule has 0 aliphatic heterocycles. The lowest BCUT2D eigenvalue weighted by molar-refractivity contribution is 0.103. The Hall–Kier alpha value is -2.19. The largest absolute Gasteiger partial charge is 0.288 e. The first kappa shape index (κ1) is 13.8. The van der Waals surface area contributed by atoms with Crippen LogP contribution in [-0.4, -0.2) is 5.78 Å². The first-order valence-corrected chi connectivity index (χ1v) is 6.94. The number of benzene rings is 3. The number of hydrogen-bond donors (Lipinski definition) is 0. The Labute approximate surface area is 127 Å². The van der Waals surface area contributed by atoms with Gasteiger partial charge in [0.2, 0.25) is 0 Å². The van der Waals surface area contributed by atoms with E-state index in [1.807, 2.05) is 43.3 Å². The maximum Gasteiger partial charge on any atom is 0.196 e. The molecule has 0 radical (unpaired) electrons. The van der Waals surface area contributed by atoms with E-state index in [-0.39, 0.29) is 16.4 Å². The molecule has 0 aliphatic carbocycles. The zero-order valence-electron chi connectivity index (χ0n) is 11.4. The first-order valence-electron chi connectivity index (χ1n) is 6.56. The maximum atomic E-state index is 14.1. The van der Waals surface area contributed by atoms with E-state index in [9.17, 15) is 9.18 Å². The molecule has 0 aromatic heterocycles. The van der Waals surface area contributed by atoms with Crippen molar-refractivity contribution in [1.29, 1.82) is 0 Å². The zero-order chi connectivity index (χ0) is 15.0. The summed E-state index contributed by atoms with van der Waals surface area (Å²) >= 11 is 5.78. The number of fused-ring (bicyclic) bond motifs is 1. The number of aryl methyl sites for hydroxylation is 1.